The molecule has 0 amide bonds. The quantitative estimate of drug-likeness (QED) is 0.864. The van der Waals surface area contributed by atoms with Crippen molar-refractivity contribution < 1.29 is 0 Å². The van der Waals surface area contributed by atoms with E-state index in [0.717, 1.165) is 0 Å². The van der Waals surface area contributed by atoms with Crippen LogP contribution < -0.4 is 5.73 Å². The monoisotopic (exact) mass is 273 g/mol. The van der Waals surface area contributed by atoms with E-state index in [1.807, 2.05) is 12.1 Å². The highest BCUT2D eigenvalue weighted by atomic mass is 14.5. The van der Waals surface area contributed by atoms with E-state index in [2.05, 4.69) is 67.6 Å². The van der Waals surface area contributed by atoms with Gasteiger partial charge in [-0.1, -0.05) is 72.3 Å². The predicted octanol–water partition coefficient (Wildman–Crippen LogP) is 4.66. The van der Waals surface area contributed by atoms with Gasteiger partial charge in [-0.2, -0.15) is 0 Å². The lowest BCUT2D eigenvalue weighted by Gasteiger charge is -2.10. The van der Waals surface area contributed by atoms with Crippen LogP contribution in [-0.4, -0.2) is 0 Å². The first kappa shape index (κ1) is 13.4. The zero-order valence-electron chi connectivity index (χ0n) is 12.2. The average molecular weight is 273 g/mol. The molecule has 0 saturated heterocycles. The van der Waals surface area contributed by atoms with Crippen molar-refractivity contribution in [3.05, 3.63) is 95.2 Å². The smallest absolute Gasteiger partial charge is 0.0216 e. The third-order valence-corrected chi connectivity index (χ3v) is 3.86. The Labute approximate surface area is 126 Å². The summed E-state index contributed by atoms with van der Waals surface area (Å²) in [4.78, 5) is 0. The molecule has 2 N–H and O–H groups in total. The molecule has 1 aliphatic rings. The molecule has 21 heavy (non-hydrogen) atoms. The highest BCUT2D eigenvalue weighted by Crippen LogP contribution is 2.33. The van der Waals surface area contributed by atoms with E-state index in [1.165, 1.54) is 27.8 Å². The SMILES string of the molecule is Cc1ccc(C2=C[C@@H](c3ccccc3/C=C\N)C=C2)cc1. The van der Waals surface area contributed by atoms with Crippen molar-refractivity contribution in [2.24, 2.45) is 5.73 Å². The highest BCUT2D eigenvalue weighted by molar-refractivity contribution is 5.78. The number of aryl methyl sites for hydroxylation is 1. The zero-order chi connectivity index (χ0) is 14.7. The van der Waals surface area contributed by atoms with Gasteiger partial charge in [0.05, 0.1) is 0 Å². The predicted molar refractivity (Wildman–Crippen MR) is 90.7 cm³/mol. The maximum Gasteiger partial charge on any atom is 0.0216 e. The molecule has 2 aromatic rings. The minimum atomic E-state index is 0.314. The van der Waals surface area contributed by atoms with Gasteiger partial charge in [-0.25, -0.2) is 0 Å². The third-order valence-electron chi connectivity index (χ3n) is 3.86. The fourth-order valence-corrected chi connectivity index (χ4v) is 2.71. The van der Waals surface area contributed by atoms with Crippen molar-refractivity contribution in [1.82, 2.24) is 0 Å². The molecular formula is C20H19N. The minimum absolute atomic E-state index is 0.314. The first-order valence-electron chi connectivity index (χ1n) is 7.22. The Morgan fingerprint density at radius 2 is 1.76 bits per heavy atom. The summed E-state index contributed by atoms with van der Waals surface area (Å²) in [6, 6.07) is 17.1. The molecule has 1 aliphatic carbocycles. The topological polar surface area (TPSA) is 26.0 Å². The number of nitrogens with two attached hydrogens (primary N) is 1. The van der Waals surface area contributed by atoms with Gasteiger partial charge in [0.25, 0.3) is 0 Å². The standard InChI is InChI=1S/C20H19N/c1-15-6-8-16(9-7-15)18-10-11-19(14-18)20-5-3-2-4-17(20)12-13-21/h2-14,19H,21H2,1H3/b13-12-/t19-/m0/s1. The summed E-state index contributed by atoms with van der Waals surface area (Å²) >= 11 is 0. The molecule has 0 heterocycles. The van der Waals surface area contributed by atoms with Gasteiger partial charge in [0.2, 0.25) is 0 Å². The number of allylic oxidation sites excluding steroid dienone is 4. The molecular weight excluding hydrogens is 254 g/mol. The Morgan fingerprint density at radius 1 is 1.00 bits per heavy atom. The lowest BCUT2D eigenvalue weighted by atomic mass is 9.94. The molecule has 0 unspecified atom stereocenters. The summed E-state index contributed by atoms with van der Waals surface area (Å²) in [6.07, 6.45) is 10.3. The maximum atomic E-state index is 5.55. The van der Waals surface area contributed by atoms with E-state index >= 15 is 0 Å². The molecule has 1 nitrogen and oxygen atoms in total. The molecule has 1 atom stereocenters. The summed E-state index contributed by atoms with van der Waals surface area (Å²) in [6.45, 7) is 2.11. The second-order valence-electron chi connectivity index (χ2n) is 5.36. The summed E-state index contributed by atoms with van der Waals surface area (Å²) in [5.41, 5.74) is 11.9. The van der Waals surface area contributed by atoms with Gasteiger partial charge >= 0.3 is 0 Å². The van der Waals surface area contributed by atoms with Crippen LogP contribution in [0.15, 0.2) is 73.0 Å². The fraction of sp³-hybridized carbons (Fsp3) is 0.100. The normalized spacial score (nSPS) is 17.4. The molecule has 104 valence electrons. The van der Waals surface area contributed by atoms with Crippen LogP contribution in [0.2, 0.25) is 0 Å². The Hall–Kier alpha value is -2.54. The zero-order valence-corrected chi connectivity index (χ0v) is 12.2. The van der Waals surface area contributed by atoms with Crippen molar-refractivity contribution >= 4 is 11.6 Å². The Balaban J connectivity index is 1.93. The molecule has 0 bridgehead atoms. The van der Waals surface area contributed by atoms with Crippen molar-refractivity contribution in [2.75, 3.05) is 0 Å². The van der Waals surface area contributed by atoms with Crippen molar-refractivity contribution in [3.63, 3.8) is 0 Å². The Morgan fingerprint density at radius 3 is 2.52 bits per heavy atom. The van der Waals surface area contributed by atoms with Gasteiger partial charge in [-0.05, 0) is 41.5 Å². The van der Waals surface area contributed by atoms with Crippen LogP contribution in [0.5, 0.6) is 0 Å². The van der Waals surface area contributed by atoms with Crippen LogP contribution in [0.3, 0.4) is 0 Å². The first-order valence-corrected chi connectivity index (χ1v) is 7.22. The lowest BCUT2D eigenvalue weighted by molar-refractivity contribution is 1.10. The first-order chi connectivity index (χ1) is 10.3. The van der Waals surface area contributed by atoms with Gasteiger partial charge in [-0.15, -0.1) is 0 Å². The molecule has 0 aliphatic heterocycles. The summed E-state index contributed by atoms with van der Waals surface area (Å²) in [5.74, 6) is 0.314. The molecule has 0 aromatic heterocycles. The fourth-order valence-electron chi connectivity index (χ4n) is 2.71. The Bertz CT molecular complexity index is 718. The maximum absolute atomic E-state index is 5.55. The third kappa shape index (κ3) is 2.82. The highest BCUT2D eigenvalue weighted by Gasteiger charge is 2.14. The lowest BCUT2D eigenvalue weighted by Crippen LogP contribution is -1.93. The van der Waals surface area contributed by atoms with E-state index in [0.29, 0.717) is 5.92 Å². The number of benzene rings is 2. The summed E-state index contributed by atoms with van der Waals surface area (Å²) < 4.78 is 0. The molecule has 1 heteroatoms. The van der Waals surface area contributed by atoms with Gasteiger partial charge in [-0.3, -0.25) is 0 Å². The second-order valence-corrected chi connectivity index (χ2v) is 5.36. The van der Waals surface area contributed by atoms with E-state index in [1.54, 1.807) is 6.20 Å². The molecule has 0 spiro atoms. The van der Waals surface area contributed by atoms with E-state index in [-0.39, 0.29) is 0 Å². The Kier molecular flexibility index (Phi) is 3.74. The van der Waals surface area contributed by atoms with Crippen molar-refractivity contribution in [3.8, 4) is 0 Å². The molecule has 0 radical (unpaired) electrons. The molecule has 0 saturated carbocycles. The van der Waals surface area contributed by atoms with Crippen molar-refractivity contribution in [1.29, 1.82) is 0 Å². The summed E-state index contributed by atoms with van der Waals surface area (Å²) in [5, 5.41) is 0. The van der Waals surface area contributed by atoms with Crippen LogP contribution in [0.25, 0.3) is 11.6 Å². The van der Waals surface area contributed by atoms with Gasteiger partial charge in [0.15, 0.2) is 0 Å². The van der Waals surface area contributed by atoms with Crippen LogP contribution in [0.1, 0.15) is 28.2 Å². The van der Waals surface area contributed by atoms with E-state index in [4.69, 9.17) is 5.73 Å². The second kappa shape index (κ2) is 5.84. The van der Waals surface area contributed by atoms with Gasteiger partial charge in [0, 0.05) is 5.92 Å². The van der Waals surface area contributed by atoms with Gasteiger partial charge < -0.3 is 5.73 Å². The van der Waals surface area contributed by atoms with Crippen LogP contribution in [-0.2, 0) is 0 Å². The minimum Gasteiger partial charge on any atom is -0.405 e. The van der Waals surface area contributed by atoms with Crippen LogP contribution in [0, 0.1) is 6.92 Å². The molecule has 2 aromatic carbocycles. The van der Waals surface area contributed by atoms with Crippen LogP contribution >= 0.6 is 0 Å². The van der Waals surface area contributed by atoms with E-state index in [9.17, 15) is 0 Å². The average Bonchev–Trinajstić information content (AvgIpc) is 2.99. The molecule has 3 rings (SSSR count). The summed E-state index contributed by atoms with van der Waals surface area (Å²) in [7, 11) is 0. The number of rotatable bonds is 3. The van der Waals surface area contributed by atoms with Crippen molar-refractivity contribution in [2.45, 2.75) is 12.8 Å². The number of hydrogen-bond acceptors (Lipinski definition) is 1. The van der Waals surface area contributed by atoms with Gasteiger partial charge in [0.1, 0.15) is 0 Å². The van der Waals surface area contributed by atoms with Crippen LogP contribution in [0.4, 0.5) is 0 Å². The van der Waals surface area contributed by atoms with E-state index < -0.39 is 0 Å². The number of hydrogen-bond donors (Lipinski definition) is 1. The molecule has 0 fully saturated rings. The largest absolute Gasteiger partial charge is 0.405 e.